The zero-order valence-corrected chi connectivity index (χ0v) is 9.28. The quantitative estimate of drug-likeness (QED) is 0.867. The number of hydrogen-bond donors (Lipinski definition) is 1. The number of amides is 1. The smallest absolute Gasteiger partial charge is 0.249 e. The maximum absolute atomic E-state index is 11.2. The zero-order chi connectivity index (χ0) is 10.7. The zero-order valence-electron chi connectivity index (χ0n) is 8.46. The topological polar surface area (TPSA) is 56.0 Å². The SMILES string of the molecule is Cl.NC(=O)c1ccccc1-c1ccncc1. The van der Waals surface area contributed by atoms with Gasteiger partial charge in [-0.1, -0.05) is 18.2 Å². The molecule has 0 atom stereocenters. The van der Waals surface area contributed by atoms with Crippen LogP contribution in [0.15, 0.2) is 48.8 Å². The van der Waals surface area contributed by atoms with Gasteiger partial charge in [-0.25, -0.2) is 0 Å². The monoisotopic (exact) mass is 234 g/mol. The average Bonchev–Trinajstić information content (AvgIpc) is 2.30. The van der Waals surface area contributed by atoms with Crippen molar-refractivity contribution >= 4 is 18.3 Å². The Balaban J connectivity index is 0.00000128. The molecule has 0 fully saturated rings. The van der Waals surface area contributed by atoms with Crippen LogP contribution in [0.2, 0.25) is 0 Å². The molecule has 0 bridgehead atoms. The molecule has 82 valence electrons. The number of benzene rings is 1. The van der Waals surface area contributed by atoms with Crippen molar-refractivity contribution in [3.05, 3.63) is 54.4 Å². The summed E-state index contributed by atoms with van der Waals surface area (Å²) < 4.78 is 0. The molecule has 4 heteroatoms. The highest BCUT2D eigenvalue weighted by molar-refractivity contribution is 5.99. The van der Waals surface area contributed by atoms with Crippen molar-refractivity contribution in [2.24, 2.45) is 5.73 Å². The van der Waals surface area contributed by atoms with E-state index >= 15 is 0 Å². The molecule has 16 heavy (non-hydrogen) atoms. The molecule has 1 aromatic heterocycles. The largest absolute Gasteiger partial charge is 0.366 e. The number of halogens is 1. The summed E-state index contributed by atoms with van der Waals surface area (Å²) in [6, 6.07) is 11.0. The summed E-state index contributed by atoms with van der Waals surface area (Å²) in [5.41, 5.74) is 7.61. The molecule has 0 saturated heterocycles. The van der Waals surface area contributed by atoms with Crippen LogP contribution in [0.25, 0.3) is 11.1 Å². The molecule has 3 nitrogen and oxygen atoms in total. The van der Waals surface area contributed by atoms with Crippen molar-refractivity contribution in [3.8, 4) is 11.1 Å². The first-order valence-electron chi connectivity index (χ1n) is 4.58. The van der Waals surface area contributed by atoms with Gasteiger partial charge in [0.05, 0.1) is 0 Å². The number of carbonyl (C=O) groups is 1. The molecule has 1 aromatic carbocycles. The fraction of sp³-hybridized carbons (Fsp3) is 0. The molecule has 1 amide bonds. The standard InChI is InChI=1S/C12H10N2O.ClH/c13-12(15)11-4-2-1-3-10(11)9-5-7-14-8-6-9;/h1-8H,(H2,13,15);1H. The van der Waals surface area contributed by atoms with Gasteiger partial charge in [0.15, 0.2) is 0 Å². The summed E-state index contributed by atoms with van der Waals surface area (Å²) in [5, 5.41) is 0. The molecule has 0 aliphatic carbocycles. The fourth-order valence-corrected chi connectivity index (χ4v) is 1.48. The number of rotatable bonds is 2. The van der Waals surface area contributed by atoms with Crippen LogP contribution in [0.1, 0.15) is 10.4 Å². The molecular weight excluding hydrogens is 224 g/mol. The van der Waals surface area contributed by atoms with Crippen LogP contribution in [-0.4, -0.2) is 10.9 Å². The van der Waals surface area contributed by atoms with Crippen molar-refractivity contribution in [3.63, 3.8) is 0 Å². The second-order valence-electron chi connectivity index (χ2n) is 3.15. The van der Waals surface area contributed by atoms with Gasteiger partial charge >= 0.3 is 0 Å². The van der Waals surface area contributed by atoms with Crippen molar-refractivity contribution in [2.45, 2.75) is 0 Å². The van der Waals surface area contributed by atoms with Gasteiger partial charge in [-0.3, -0.25) is 9.78 Å². The van der Waals surface area contributed by atoms with Gasteiger partial charge in [0.2, 0.25) is 5.91 Å². The molecule has 0 aliphatic rings. The lowest BCUT2D eigenvalue weighted by atomic mass is 10.0. The molecule has 1 heterocycles. The number of nitrogens with two attached hydrogens (primary N) is 1. The van der Waals surface area contributed by atoms with Crippen LogP contribution in [-0.2, 0) is 0 Å². The average molecular weight is 235 g/mol. The summed E-state index contributed by atoms with van der Waals surface area (Å²) in [5.74, 6) is -0.414. The summed E-state index contributed by atoms with van der Waals surface area (Å²) >= 11 is 0. The predicted molar refractivity (Wildman–Crippen MR) is 65.4 cm³/mol. The van der Waals surface area contributed by atoms with Gasteiger partial charge in [0.25, 0.3) is 0 Å². The lowest BCUT2D eigenvalue weighted by Gasteiger charge is -2.05. The van der Waals surface area contributed by atoms with Crippen LogP contribution in [0.4, 0.5) is 0 Å². The number of nitrogens with zero attached hydrogens (tertiary/aromatic N) is 1. The van der Waals surface area contributed by atoms with Gasteiger partial charge in [-0.2, -0.15) is 0 Å². The Morgan fingerprint density at radius 1 is 1.06 bits per heavy atom. The van der Waals surface area contributed by atoms with E-state index in [1.807, 2.05) is 24.3 Å². The lowest BCUT2D eigenvalue weighted by molar-refractivity contribution is 0.100. The highest BCUT2D eigenvalue weighted by atomic mass is 35.5. The first-order chi connectivity index (χ1) is 7.29. The molecule has 2 rings (SSSR count). The van der Waals surface area contributed by atoms with E-state index in [9.17, 15) is 4.79 Å². The van der Waals surface area contributed by atoms with E-state index in [0.717, 1.165) is 11.1 Å². The highest BCUT2D eigenvalue weighted by Gasteiger charge is 2.07. The summed E-state index contributed by atoms with van der Waals surface area (Å²) in [6.07, 6.45) is 3.38. The minimum Gasteiger partial charge on any atom is -0.366 e. The van der Waals surface area contributed by atoms with Gasteiger partial charge in [-0.05, 0) is 29.3 Å². The molecule has 0 saturated carbocycles. The predicted octanol–water partition coefficient (Wildman–Crippen LogP) is 2.27. The molecule has 0 aliphatic heterocycles. The molecule has 2 aromatic rings. The Labute approximate surface area is 99.7 Å². The third-order valence-electron chi connectivity index (χ3n) is 2.18. The molecule has 0 unspecified atom stereocenters. The molecule has 2 N–H and O–H groups in total. The van der Waals surface area contributed by atoms with Crippen molar-refractivity contribution in [1.29, 1.82) is 0 Å². The van der Waals surface area contributed by atoms with E-state index in [0.29, 0.717) is 5.56 Å². The van der Waals surface area contributed by atoms with Crippen molar-refractivity contribution in [1.82, 2.24) is 4.98 Å². The number of hydrogen-bond acceptors (Lipinski definition) is 2. The van der Waals surface area contributed by atoms with E-state index < -0.39 is 5.91 Å². The van der Waals surface area contributed by atoms with Gasteiger partial charge in [0.1, 0.15) is 0 Å². The Kier molecular flexibility index (Phi) is 4.03. The third kappa shape index (κ3) is 2.38. The summed E-state index contributed by atoms with van der Waals surface area (Å²) in [4.78, 5) is 15.1. The lowest BCUT2D eigenvalue weighted by Crippen LogP contribution is -2.12. The van der Waals surface area contributed by atoms with Crippen LogP contribution in [0, 0.1) is 0 Å². The van der Waals surface area contributed by atoms with E-state index in [1.54, 1.807) is 24.5 Å². The summed E-state index contributed by atoms with van der Waals surface area (Å²) in [6.45, 7) is 0. The Hall–Kier alpha value is -1.87. The van der Waals surface area contributed by atoms with Crippen LogP contribution in [0.3, 0.4) is 0 Å². The minimum absolute atomic E-state index is 0. The minimum atomic E-state index is -0.414. The number of primary amides is 1. The Bertz CT molecular complexity index is 485. The van der Waals surface area contributed by atoms with Crippen molar-refractivity contribution in [2.75, 3.05) is 0 Å². The Morgan fingerprint density at radius 2 is 1.69 bits per heavy atom. The first-order valence-corrected chi connectivity index (χ1v) is 4.58. The molecule has 0 radical (unpaired) electrons. The third-order valence-corrected chi connectivity index (χ3v) is 2.18. The first kappa shape index (κ1) is 12.2. The normalized spacial score (nSPS) is 9.25. The van der Waals surface area contributed by atoms with E-state index in [2.05, 4.69) is 4.98 Å². The highest BCUT2D eigenvalue weighted by Crippen LogP contribution is 2.22. The fourth-order valence-electron chi connectivity index (χ4n) is 1.48. The Morgan fingerprint density at radius 3 is 2.31 bits per heavy atom. The number of carbonyl (C=O) groups excluding carboxylic acids is 1. The van der Waals surface area contributed by atoms with Crippen LogP contribution < -0.4 is 5.73 Å². The van der Waals surface area contributed by atoms with Crippen LogP contribution in [0.5, 0.6) is 0 Å². The number of pyridine rings is 1. The van der Waals surface area contributed by atoms with E-state index in [-0.39, 0.29) is 12.4 Å². The van der Waals surface area contributed by atoms with Gasteiger partial charge in [-0.15, -0.1) is 12.4 Å². The molecular formula is C12H11ClN2O. The second-order valence-corrected chi connectivity index (χ2v) is 3.15. The van der Waals surface area contributed by atoms with Crippen molar-refractivity contribution < 1.29 is 4.79 Å². The van der Waals surface area contributed by atoms with E-state index in [4.69, 9.17) is 5.73 Å². The number of aromatic nitrogens is 1. The van der Waals surface area contributed by atoms with Crippen LogP contribution >= 0.6 is 12.4 Å². The maximum atomic E-state index is 11.2. The summed E-state index contributed by atoms with van der Waals surface area (Å²) in [7, 11) is 0. The molecule has 0 spiro atoms. The van der Waals surface area contributed by atoms with E-state index in [1.165, 1.54) is 0 Å². The van der Waals surface area contributed by atoms with Gasteiger partial charge < -0.3 is 5.73 Å². The second kappa shape index (κ2) is 5.28. The maximum Gasteiger partial charge on any atom is 0.249 e. The van der Waals surface area contributed by atoms with Gasteiger partial charge in [0, 0.05) is 18.0 Å².